The highest BCUT2D eigenvalue weighted by Gasteiger charge is 2.41. The first kappa shape index (κ1) is 17.7. The smallest absolute Gasteiger partial charge is 0.267 e. The second-order valence-electron chi connectivity index (χ2n) is 7.22. The van der Waals surface area contributed by atoms with Crippen molar-refractivity contribution >= 4 is 44.3 Å². The van der Waals surface area contributed by atoms with Gasteiger partial charge in [-0.15, -0.1) is 0 Å². The van der Waals surface area contributed by atoms with Crippen molar-refractivity contribution in [2.24, 2.45) is 0 Å². The topological polar surface area (TPSA) is 66.4 Å². The van der Waals surface area contributed by atoms with Gasteiger partial charge in [-0.2, -0.15) is 0 Å². The molecule has 0 N–H and O–H groups in total. The van der Waals surface area contributed by atoms with E-state index in [1.807, 2.05) is 24.3 Å². The standard InChI is InChI=1S/C20H19ClN4O2S/c21-14-6-5-9-16(12-14)28(26,27)25-13-24(15-7-1-2-8-15)19-20(25)23-18-11-4-3-10-17(18)22-19/h3-6,9-12,15H,1-2,7-8,13H2. The van der Waals surface area contributed by atoms with Gasteiger partial charge in [0.2, 0.25) is 0 Å². The molecule has 2 aromatic carbocycles. The largest absolute Gasteiger partial charge is 0.332 e. The zero-order chi connectivity index (χ0) is 19.3. The summed E-state index contributed by atoms with van der Waals surface area (Å²) < 4.78 is 28.2. The number of aromatic nitrogens is 2. The van der Waals surface area contributed by atoms with Crippen LogP contribution in [0, 0.1) is 0 Å². The first-order valence-electron chi connectivity index (χ1n) is 9.36. The van der Waals surface area contributed by atoms with Gasteiger partial charge in [0.15, 0.2) is 11.6 Å². The summed E-state index contributed by atoms with van der Waals surface area (Å²) >= 11 is 6.05. The molecule has 2 heterocycles. The number of benzene rings is 2. The number of hydrogen-bond acceptors (Lipinski definition) is 5. The van der Waals surface area contributed by atoms with E-state index in [0.29, 0.717) is 22.2 Å². The molecule has 5 rings (SSSR count). The molecule has 144 valence electrons. The van der Waals surface area contributed by atoms with Gasteiger partial charge in [-0.25, -0.2) is 22.7 Å². The average molecular weight is 415 g/mol. The minimum Gasteiger partial charge on any atom is -0.332 e. The summed E-state index contributed by atoms with van der Waals surface area (Å²) in [4.78, 5) is 11.7. The molecule has 8 heteroatoms. The van der Waals surface area contributed by atoms with Crippen molar-refractivity contribution in [2.45, 2.75) is 36.6 Å². The maximum Gasteiger partial charge on any atom is 0.267 e. The van der Waals surface area contributed by atoms with Crippen LogP contribution in [0.15, 0.2) is 53.4 Å². The van der Waals surface area contributed by atoms with Crippen LogP contribution < -0.4 is 9.21 Å². The molecule has 0 amide bonds. The van der Waals surface area contributed by atoms with Gasteiger partial charge in [-0.3, -0.25) is 0 Å². The monoisotopic (exact) mass is 414 g/mol. The van der Waals surface area contributed by atoms with E-state index >= 15 is 0 Å². The van der Waals surface area contributed by atoms with Crippen LogP contribution in [0.1, 0.15) is 25.7 Å². The van der Waals surface area contributed by atoms with Crippen molar-refractivity contribution in [3.8, 4) is 0 Å². The summed E-state index contributed by atoms with van der Waals surface area (Å²) in [6.45, 7) is 0.227. The van der Waals surface area contributed by atoms with Crippen LogP contribution in [-0.2, 0) is 10.0 Å². The highest BCUT2D eigenvalue weighted by Crippen LogP contribution is 2.41. The Morgan fingerprint density at radius 3 is 2.29 bits per heavy atom. The summed E-state index contributed by atoms with van der Waals surface area (Å²) in [5.74, 6) is 1.04. The van der Waals surface area contributed by atoms with Gasteiger partial charge in [0.25, 0.3) is 10.0 Å². The molecule has 0 saturated heterocycles. The molecule has 0 bridgehead atoms. The summed E-state index contributed by atoms with van der Waals surface area (Å²) in [5, 5.41) is 0.387. The summed E-state index contributed by atoms with van der Waals surface area (Å²) in [5.41, 5.74) is 1.45. The number of rotatable bonds is 3. The molecule has 1 aliphatic heterocycles. The maximum atomic E-state index is 13.4. The van der Waals surface area contributed by atoms with Gasteiger partial charge in [0.1, 0.15) is 6.67 Å². The molecule has 0 unspecified atom stereocenters. The predicted molar refractivity (Wildman–Crippen MR) is 110 cm³/mol. The van der Waals surface area contributed by atoms with Gasteiger partial charge in [0.05, 0.1) is 15.9 Å². The van der Waals surface area contributed by atoms with Gasteiger partial charge in [-0.05, 0) is 43.2 Å². The van der Waals surface area contributed by atoms with Gasteiger partial charge in [0, 0.05) is 11.1 Å². The lowest BCUT2D eigenvalue weighted by Gasteiger charge is -2.26. The fourth-order valence-electron chi connectivity index (χ4n) is 4.06. The Morgan fingerprint density at radius 2 is 1.61 bits per heavy atom. The number of hydrogen-bond donors (Lipinski definition) is 0. The summed E-state index contributed by atoms with van der Waals surface area (Å²) in [7, 11) is -3.80. The molecular formula is C20H19ClN4O2S. The Morgan fingerprint density at radius 1 is 0.929 bits per heavy atom. The number of anilines is 2. The van der Waals surface area contributed by atoms with E-state index in [2.05, 4.69) is 9.88 Å². The van der Waals surface area contributed by atoms with E-state index in [9.17, 15) is 8.42 Å². The number of sulfonamides is 1. The molecule has 0 spiro atoms. The zero-order valence-electron chi connectivity index (χ0n) is 15.1. The molecule has 28 heavy (non-hydrogen) atoms. The van der Waals surface area contributed by atoms with Gasteiger partial charge in [-0.1, -0.05) is 42.6 Å². The van der Waals surface area contributed by atoms with Crippen LogP contribution in [-0.4, -0.2) is 31.1 Å². The van der Waals surface area contributed by atoms with Crippen molar-refractivity contribution in [1.29, 1.82) is 0 Å². The fraction of sp³-hybridized carbons (Fsp3) is 0.300. The Labute approximate surface area is 168 Å². The molecular weight excluding hydrogens is 396 g/mol. The van der Waals surface area contributed by atoms with Gasteiger partial charge < -0.3 is 4.90 Å². The zero-order valence-corrected chi connectivity index (χ0v) is 16.7. The van der Waals surface area contributed by atoms with Crippen molar-refractivity contribution in [2.75, 3.05) is 15.9 Å². The van der Waals surface area contributed by atoms with Crippen LogP contribution in [0.25, 0.3) is 11.0 Å². The number of nitrogens with zero attached hydrogens (tertiary/aromatic N) is 4. The summed E-state index contributed by atoms with van der Waals surface area (Å²) in [6, 6.07) is 14.2. The Balaban J connectivity index is 1.67. The number of para-hydroxylation sites is 2. The number of fused-ring (bicyclic) bond motifs is 2. The Kier molecular flexibility index (Phi) is 4.17. The van der Waals surface area contributed by atoms with Gasteiger partial charge >= 0.3 is 0 Å². The van der Waals surface area contributed by atoms with Crippen molar-refractivity contribution in [3.05, 3.63) is 53.6 Å². The van der Waals surface area contributed by atoms with Crippen LogP contribution in [0.3, 0.4) is 0 Å². The van der Waals surface area contributed by atoms with Crippen LogP contribution in [0.2, 0.25) is 5.02 Å². The SMILES string of the molecule is O=S(=O)(c1cccc(Cl)c1)N1CN(C2CCCC2)c2nc3ccccc3nc21. The third-order valence-corrected chi connectivity index (χ3v) is 7.43. The van der Waals surface area contributed by atoms with E-state index in [1.54, 1.807) is 18.2 Å². The third kappa shape index (κ3) is 2.81. The highest BCUT2D eigenvalue weighted by atomic mass is 35.5. The minimum absolute atomic E-state index is 0.161. The van der Waals surface area contributed by atoms with Crippen LogP contribution in [0.5, 0.6) is 0 Å². The van der Waals surface area contributed by atoms with Crippen LogP contribution >= 0.6 is 11.6 Å². The Bertz CT molecular complexity index is 1160. The van der Waals surface area contributed by atoms with Crippen LogP contribution in [0.4, 0.5) is 11.6 Å². The molecule has 1 aliphatic carbocycles. The highest BCUT2D eigenvalue weighted by molar-refractivity contribution is 7.92. The molecule has 1 aromatic heterocycles. The second kappa shape index (κ2) is 6.60. The molecule has 1 fully saturated rings. The molecule has 0 radical (unpaired) electrons. The lowest BCUT2D eigenvalue weighted by Crippen LogP contribution is -2.40. The molecule has 1 saturated carbocycles. The van der Waals surface area contributed by atoms with Crippen molar-refractivity contribution in [1.82, 2.24) is 9.97 Å². The lowest BCUT2D eigenvalue weighted by molar-refractivity contribution is 0.583. The summed E-state index contributed by atoms with van der Waals surface area (Å²) in [6.07, 6.45) is 4.38. The first-order chi connectivity index (χ1) is 13.5. The quantitative estimate of drug-likeness (QED) is 0.642. The third-order valence-electron chi connectivity index (χ3n) is 5.47. The Hall–Kier alpha value is -2.38. The first-order valence-corrected chi connectivity index (χ1v) is 11.2. The minimum atomic E-state index is -3.80. The maximum absolute atomic E-state index is 13.4. The molecule has 6 nitrogen and oxygen atoms in total. The van der Waals surface area contributed by atoms with E-state index < -0.39 is 10.0 Å². The van der Waals surface area contributed by atoms with Crippen molar-refractivity contribution in [3.63, 3.8) is 0 Å². The fourth-order valence-corrected chi connectivity index (χ4v) is 5.73. The van der Waals surface area contributed by atoms with E-state index in [-0.39, 0.29) is 17.6 Å². The van der Waals surface area contributed by atoms with E-state index in [0.717, 1.165) is 31.2 Å². The predicted octanol–water partition coefficient (Wildman–Crippen LogP) is 4.20. The average Bonchev–Trinajstić information content (AvgIpc) is 3.34. The number of halogens is 1. The molecule has 0 atom stereocenters. The molecule has 2 aliphatic rings. The second-order valence-corrected chi connectivity index (χ2v) is 9.52. The van der Waals surface area contributed by atoms with Crippen molar-refractivity contribution < 1.29 is 8.42 Å². The normalized spacial score (nSPS) is 17.5. The van der Waals surface area contributed by atoms with E-state index in [1.165, 1.54) is 10.4 Å². The lowest BCUT2D eigenvalue weighted by atomic mass is 10.2. The van der Waals surface area contributed by atoms with E-state index in [4.69, 9.17) is 16.6 Å². The molecule has 3 aromatic rings.